The van der Waals surface area contributed by atoms with Crippen LogP contribution in [0.15, 0.2) is 18.3 Å². The van der Waals surface area contributed by atoms with Gasteiger partial charge in [-0.15, -0.1) is 11.3 Å². The molecule has 0 saturated heterocycles. The van der Waals surface area contributed by atoms with Gasteiger partial charge in [-0.3, -0.25) is 4.79 Å². The molecule has 0 aliphatic rings. The molecule has 0 spiro atoms. The second-order valence-corrected chi connectivity index (χ2v) is 6.56. The Morgan fingerprint density at radius 2 is 1.92 bits per heavy atom. The van der Waals surface area contributed by atoms with Gasteiger partial charge in [0.15, 0.2) is 6.61 Å². The summed E-state index contributed by atoms with van der Waals surface area (Å²) in [4.78, 5) is 37.0. The summed E-state index contributed by atoms with van der Waals surface area (Å²) >= 11 is 1.28. The molecule has 0 saturated carbocycles. The van der Waals surface area contributed by atoms with Gasteiger partial charge in [0.2, 0.25) is 0 Å². The van der Waals surface area contributed by atoms with Gasteiger partial charge in [0.25, 0.3) is 5.91 Å². The van der Waals surface area contributed by atoms with Crippen LogP contribution in [0.1, 0.15) is 38.2 Å². The van der Waals surface area contributed by atoms with Crippen molar-refractivity contribution in [1.29, 1.82) is 0 Å². The predicted octanol–water partition coefficient (Wildman–Crippen LogP) is 2.68. The van der Waals surface area contributed by atoms with Gasteiger partial charge in [-0.2, -0.15) is 0 Å². The summed E-state index contributed by atoms with van der Waals surface area (Å²) in [6.45, 7) is 5.17. The quantitative estimate of drug-likeness (QED) is 0.797. The Bertz CT molecular complexity index is 806. The summed E-state index contributed by atoms with van der Waals surface area (Å²) in [5, 5.41) is 3.02. The Hall–Kier alpha value is -2.61. The van der Waals surface area contributed by atoms with E-state index in [4.69, 9.17) is 9.47 Å². The third-order valence-electron chi connectivity index (χ3n) is 3.61. The highest BCUT2D eigenvalue weighted by Gasteiger charge is 2.22. The SMILES string of the molecule is CCOC(=O)c1c(NC(=O)COC(=O)c2cccn2C)sc(C)c1C. The minimum absolute atomic E-state index is 0.245. The lowest BCUT2D eigenvalue weighted by molar-refractivity contribution is -0.119. The largest absolute Gasteiger partial charge is 0.462 e. The second-order valence-electron chi connectivity index (χ2n) is 5.34. The second kappa shape index (κ2) is 7.98. The van der Waals surface area contributed by atoms with Gasteiger partial charge < -0.3 is 19.4 Å². The minimum atomic E-state index is -0.591. The Morgan fingerprint density at radius 3 is 2.52 bits per heavy atom. The topological polar surface area (TPSA) is 86.6 Å². The van der Waals surface area contributed by atoms with Crippen LogP contribution in [-0.2, 0) is 21.3 Å². The summed E-state index contributed by atoms with van der Waals surface area (Å²) in [5.74, 6) is -1.60. The monoisotopic (exact) mass is 364 g/mol. The fourth-order valence-electron chi connectivity index (χ4n) is 2.20. The first-order valence-electron chi connectivity index (χ1n) is 7.70. The highest BCUT2D eigenvalue weighted by atomic mass is 32.1. The number of thiophene rings is 1. The standard InChI is InChI=1S/C17H20N2O5S/c1-5-23-17(22)14-10(2)11(3)25-15(14)18-13(20)9-24-16(21)12-7-6-8-19(12)4/h6-8H,5,9H2,1-4H3,(H,18,20). The van der Waals surface area contributed by atoms with Crippen molar-refractivity contribution in [2.24, 2.45) is 7.05 Å². The number of esters is 2. The Kier molecular flexibility index (Phi) is 5.97. The Labute approximate surface area is 149 Å². The van der Waals surface area contributed by atoms with E-state index in [-0.39, 0.29) is 6.61 Å². The number of aromatic nitrogens is 1. The van der Waals surface area contributed by atoms with Crippen LogP contribution < -0.4 is 5.32 Å². The summed E-state index contributed by atoms with van der Waals surface area (Å²) in [6.07, 6.45) is 1.71. The van der Waals surface area contributed by atoms with Crippen molar-refractivity contribution in [3.8, 4) is 0 Å². The number of carbonyl (C=O) groups is 3. The van der Waals surface area contributed by atoms with E-state index in [9.17, 15) is 14.4 Å². The fourth-order valence-corrected chi connectivity index (χ4v) is 3.27. The maximum Gasteiger partial charge on any atom is 0.355 e. The maximum absolute atomic E-state index is 12.1. The molecule has 0 unspecified atom stereocenters. The molecule has 1 N–H and O–H groups in total. The minimum Gasteiger partial charge on any atom is -0.462 e. The molecule has 2 aromatic rings. The normalized spacial score (nSPS) is 10.4. The van der Waals surface area contributed by atoms with Gasteiger partial charge in [-0.1, -0.05) is 0 Å². The Balaban J connectivity index is 2.03. The number of amides is 1. The first-order valence-corrected chi connectivity index (χ1v) is 8.52. The summed E-state index contributed by atoms with van der Waals surface area (Å²) in [7, 11) is 1.71. The predicted molar refractivity (Wildman–Crippen MR) is 94.1 cm³/mol. The van der Waals surface area contributed by atoms with Gasteiger partial charge in [0.1, 0.15) is 10.7 Å². The number of hydrogen-bond acceptors (Lipinski definition) is 6. The molecular formula is C17H20N2O5S. The summed E-state index contributed by atoms with van der Waals surface area (Å²) < 4.78 is 11.6. The molecule has 2 heterocycles. The number of nitrogens with zero attached hydrogens (tertiary/aromatic N) is 1. The van der Waals surface area contributed by atoms with Gasteiger partial charge in [0, 0.05) is 18.1 Å². The molecule has 0 bridgehead atoms. The van der Waals surface area contributed by atoms with Crippen LogP contribution in [-0.4, -0.2) is 35.6 Å². The number of carbonyl (C=O) groups excluding carboxylic acids is 3. The van der Waals surface area contributed by atoms with Crippen LogP contribution >= 0.6 is 11.3 Å². The van der Waals surface area contributed by atoms with Crippen LogP contribution in [0, 0.1) is 13.8 Å². The summed E-state index contributed by atoms with van der Waals surface area (Å²) in [5.41, 5.74) is 1.45. The first kappa shape index (κ1) is 18.7. The molecule has 0 fully saturated rings. The average molecular weight is 364 g/mol. The van der Waals surface area contributed by atoms with E-state index in [1.165, 1.54) is 11.3 Å². The zero-order valence-electron chi connectivity index (χ0n) is 14.5. The third kappa shape index (κ3) is 4.27. The number of anilines is 1. The van der Waals surface area contributed by atoms with E-state index in [2.05, 4.69) is 5.32 Å². The van der Waals surface area contributed by atoms with E-state index >= 15 is 0 Å². The van der Waals surface area contributed by atoms with Crippen LogP contribution in [0.2, 0.25) is 0 Å². The van der Waals surface area contributed by atoms with Crippen molar-refractivity contribution in [3.05, 3.63) is 40.0 Å². The zero-order valence-corrected chi connectivity index (χ0v) is 15.4. The molecule has 0 atom stereocenters. The number of hydrogen-bond donors (Lipinski definition) is 1. The van der Waals surface area contributed by atoms with Crippen molar-refractivity contribution in [2.45, 2.75) is 20.8 Å². The molecule has 8 heteroatoms. The van der Waals surface area contributed by atoms with Gasteiger partial charge >= 0.3 is 11.9 Å². The van der Waals surface area contributed by atoms with Crippen molar-refractivity contribution in [3.63, 3.8) is 0 Å². The number of rotatable bonds is 6. The highest BCUT2D eigenvalue weighted by molar-refractivity contribution is 7.16. The third-order valence-corrected chi connectivity index (χ3v) is 4.73. The average Bonchev–Trinajstić information content (AvgIpc) is 3.09. The van der Waals surface area contributed by atoms with Crippen LogP contribution in [0.5, 0.6) is 0 Å². The molecule has 2 aromatic heterocycles. The van der Waals surface area contributed by atoms with E-state index in [1.54, 1.807) is 43.8 Å². The molecule has 0 aromatic carbocycles. The van der Waals surface area contributed by atoms with Crippen molar-refractivity contribution in [1.82, 2.24) is 4.57 Å². The highest BCUT2D eigenvalue weighted by Crippen LogP contribution is 2.33. The van der Waals surface area contributed by atoms with Gasteiger partial charge in [0.05, 0.1) is 12.2 Å². The zero-order chi connectivity index (χ0) is 18.6. The van der Waals surface area contributed by atoms with Crippen molar-refractivity contribution in [2.75, 3.05) is 18.5 Å². The van der Waals surface area contributed by atoms with E-state index < -0.39 is 24.5 Å². The fraction of sp³-hybridized carbons (Fsp3) is 0.353. The van der Waals surface area contributed by atoms with E-state index in [0.29, 0.717) is 16.3 Å². The number of nitrogens with one attached hydrogen (secondary N) is 1. The lowest BCUT2D eigenvalue weighted by Crippen LogP contribution is -2.22. The molecule has 1 amide bonds. The van der Waals surface area contributed by atoms with Crippen LogP contribution in [0.4, 0.5) is 5.00 Å². The maximum atomic E-state index is 12.1. The first-order chi connectivity index (χ1) is 11.8. The number of ether oxygens (including phenoxy) is 2. The van der Waals surface area contributed by atoms with Crippen molar-refractivity contribution >= 4 is 34.2 Å². The van der Waals surface area contributed by atoms with E-state index in [1.807, 2.05) is 6.92 Å². The Morgan fingerprint density at radius 1 is 1.20 bits per heavy atom. The lowest BCUT2D eigenvalue weighted by atomic mass is 10.1. The molecule has 0 aliphatic carbocycles. The molecule has 2 rings (SSSR count). The molecule has 7 nitrogen and oxygen atoms in total. The smallest absolute Gasteiger partial charge is 0.355 e. The molecular weight excluding hydrogens is 344 g/mol. The summed E-state index contributed by atoms with van der Waals surface area (Å²) in [6, 6.07) is 3.31. The number of aryl methyl sites for hydroxylation is 2. The molecule has 0 aliphatic heterocycles. The van der Waals surface area contributed by atoms with Gasteiger partial charge in [-0.05, 0) is 38.5 Å². The molecule has 25 heavy (non-hydrogen) atoms. The van der Waals surface area contributed by atoms with Gasteiger partial charge in [-0.25, -0.2) is 9.59 Å². The molecule has 0 radical (unpaired) electrons. The van der Waals surface area contributed by atoms with Crippen molar-refractivity contribution < 1.29 is 23.9 Å². The molecule has 134 valence electrons. The van der Waals surface area contributed by atoms with Crippen LogP contribution in [0.3, 0.4) is 0 Å². The lowest BCUT2D eigenvalue weighted by Gasteiger charge is -2.08. The van der Waals surface area contributed by atoms with Crippen LogP contribution in [0.25, 0.3) is 0 Å². The van der Waals surface area contributed by atoms with E-state index in [0.717, 1.165) is 10.4 Å².